The smallest absolute Gasteiger partial charge is 0.0464 e. The summed E-state index contributed by atoms with van der Waals surface area (Å²) in [5, 5.41) is 9.50. The van der Waals surface area contributed by atoms with E-state index in [1.165, 1.54) is 88.2 Å². The summed E-state index contributed by atoms with van der Waals surface area (Å²) in [5.74, 6) is 7.28. The van der Waals surface area contributed by atoms with Gasteiger partial charge in [-0.2, -0.15) is 0 Å². The average Bonchev–Trinajstić information content (AvgIpc) is 3.15. The first-order valence-corrected chi connectivity index (χ1v) is 14.3. The predicted molar refractivity (Wildman–Crippen MR) is 139 cm³/mol. The standard InChI is InChI=1S/C31H54O/c1-7-25(13-14-26-12-11-22(4)15-26)19-29(21(2)3)28-10-8-9-27(18-28)16-23(5)17-30-24(6)31(30)20-32/h21,24-32H,4-5,7-20H2,1-3,6H3/t24-,25?,26?,27?,28?,29?,30?,31?/m0/s1. The van der Waals surface area contributed by atoms with Gasteiger partial charge in [0.05, 0.1) is 0 Å². The van der Waals surface area contributed by atoms with Crippen LogP contribution in [0.4, 0.5) is 0 Å². The molecule has 0 aromatic heterocycles. The molecular weight excluding hydrogens is 388 g/mol. The van der Waals surface area contributed by atoms with Gasteiger partial charge in [-0.3, -0.25) is 0 Å². The molecule has 8 atom stereocenters. The number of allylic oxidation sites excluding steroid dienone is 2. The minimum absolute atomic E-state index is 0.370. The lowest BCUT2D eigenvalue weighted by atomic mass is 9.67. The fourth-order valence-electron chi connectivity index (χ4n) is 7.63. The van der Waals surface area contributed by atoms with Gasteiger partial charge in [-0.15, -0.1) is 0 Å². The lowest BCUT2D eigenvalue weighted by Gasteiger charge is -2.38. The summed E-state index contributed by atoms with van der Waals surface area (Å²) in [6.07, 6.45) is 17.8. The van der Waals surface area contributed by atoms with Crippen LogP contribution in [0.3, 0.4) is 0 Å². The fraction of sp³-hybridized carbons (Fsp3) is 0.871. The molecule has 0 amide bonds. The lowest BCUT2D eigenvalue weighted by Crippen LogP contribution is -2.28. The van der Waals surface area contributed by atoms with E-state index in [2.05, 4.69) is 40.9 Å². The first-order chi connectivity index (χ1) is 15.3. The molecule has 0 aliphatic heterocycles. The third-order valence-corrected chi connectivity index (χ3v) is 10.0. The average molecular weight is 443 g/mol. The molecule has 0 spiro atoms. The van der Waals surface area contributed by atoms with Crippen LogP contribution in [0, 0.1) is 53.3 Å². The quantitative estimate of drug-likeness (QED) is 0.282. The molecule has 0 aromatic rings. The Morgan fingerprint density at radius 3 is 2.47 bits per heavy atom. The second kappa shape index (κ2) is 12.2. The van der Waals surface area contributed by atoms with Crippen molar-refractivity contribution in [1.29, 1.82) is 0 Å². The van der Waals surface area contributed by atoms with Crippen LogP contribution in [0.5, 0.6) is 0 Å². The second-order valence-electron chi connectivity index (χ2n) is 12.7. The molecule has 0 bridgehead atoms. The maximum absolute atomic E-state index is 9.50. The van der Waals surface area contributed by atoms with Crippen molar-refractivity contribution in [2.24, 2.45) is 53.3 Å². The van der Waals surface area contributed by atoms with Crippen LogP contribution in [-0.2, 0) is 0 Å². The van der Waals surface area contributed by atoms with E-state index in [-0.39, 0.29) is 0 Å². The summed E-state index contributed by atoms with van der Waals surface area (Å²) in [7, 11) is 0. The van der Waals surface area contributed by atoms with Crippen LogP contribution in [0.2, 0.25) is 0 Å². The number of hydrogen-bond acceptors (Lipinski definition) is 1. The van der Waals surface area contributed by atoms with Gasteiger partial charge in [0.1, 0.15) is 0 Å². The van der Waals surface area contributed by atoms with E-state index in [9.17, 15) is 5.11 Å². The number of aliphatic hydroxyl groups excluding tert-OH is 1. The van der Waals surface area contributed by atoms with Gasteiger partial charge in [-0.25, -0.2) is 0 Å². The molecule has 0 aromatic carbocycles. The molecule has 0 heterocycles. The highest BCUT2D eigenvalue weighted by atomic mass is 16.3. The number of hydrogen-bond donors (Lipinski definition) is 1. The third kappa shape index (κ3) is 7.22. The van der Waals surface area contributed by atoms with E-state index in [1.54, 1.807) is 0 Å². The summed E-state index contributed by atoms with van der Waals surface area (Å²) in [4.78, 5) is 0. The van der Waals surface area contributed by atoms with E-state index >= 15 is 0 Å². The molecule has 32 heavy (non-hydrogen) atoms. The Labute approximate surface area is 200 Å². The molecule has 184 valence electrons. The summed E-state index contributed by atoms with van der Waals surface area (Å²) >= 11 is 0. The van der Waals surface area contributed by atoms with Gasteiger partial charge in [-0.05, 0) is 105 Å². The highest BCUT2D eigenvalue weighted by Gasteiger charge is 2.45. The van der Waals surface area contributed by atoms with Crippen LogP contribution in [0.1, 0.15) is 111 Å². The van der Waals surface area contributed by atoms with Gasteiger partial charge in [0.25, 0.3) is 0 Å². The van der Waals surface area contributed by atoms with Crippen molar-refractivity contribution in [3.63, 3.8) is 0 Å². The van der Waals surface area contributed by atoms with Crippen molar-refractivity contribution in [3.05, 3.63) is 24.3 Å². The molecule has 0 radical (unpaired) electrons. The molecule has 7 unspecified atom stereocenters. The van der Waals surface area contributed by atoms with Crippen molar-refractivity contribution in [2.45, 2.75) is 111 Å². The Balaban J connectivity index is 1.47. The molecule has 3 aliphatic carbocycles. The SMILES string of the molecule is C=C1CCC(CCC(CC)CC(C(C)C)C2CCCC(CC(=C)CC3C(CO)[C@H]3C)C2)C1. The molecule has 1 nitrogen and oxygen atoms in total. The Morgan fingerprint density at radius 1 is 1.09 bits per heavy atom. The van der Waals surface area contributed by atoms with Crippen LogP contribution < -0.4 is 0 Å². The van der Waals surface area contributed by atoms with Gasteiger partial charge < -0.3 is 5.11 Å². The number of aliphatic hydroxyl groups is 1. The van der Waals surface area contributed by atoms with Crippen LogP contribution in [0.25, 0.3) is 0 Å². The largest absolute Gasteiger partial charge is 0.396 e. The third-order valence-electron chi connectivity index (χ3n) is 10.0. The van der Waals surface area contributed by atoms with Crippen molar-refractivity contribution >= 4 is 0 Å². The summed E-state index contributed by atoms with van der Waals surface area (Å²) in [6, 6.07) is 0. The molecule has 3 fully saturated rings. The molecule has 1 N–H and O–H groups in total. The first kappa shape index (κ1) is 26.1. The van der Waals surface area contributed by atoms with Gasteiger partial charge in [-0.1, -0.05) is 84.1 Å². The normalized spacial score (nSPS) is 34.6. The topological polar surface area (TPSA) is 20.2 Å². The monoisotopic (exact) mass is 442 g/mol. The summed E-state index contributed by atoms with van der Waals surface area (Å²) in [5.41, 5.74) is 2.97. The van der Waals surface area contributed by atoms with E-state index in [0.29, 0.717) is 24.4 Å². The van der Waals surface area contributed by atoms with Gasteiger partial charge in [0, 0.05) is 6.61 Å². The maximum Gasteiger partial charge on any atom is 0.0464 e. The zero-order chi connectivity index (χ0) is 23.3. The molecule has 3 rings (SSSR count). The van der Waals surface area contributed by atoms with Gasteiger partial charge in [0.15, 0.2) is 0 Å². The predicted octanol–water partition coefficient (Wildman–Crippen LogP) is 8.83. The summed E-state index contributed by atoms with van der Waals surface area (Å²) < 4.78 is 0. The Kier molecular flexibility index (Phi) is 9.96. The second-order valence-corrected chi connectivity index (χ2v) is 12.7. The van der Waals surface area contributed by atoms with Gasteiger partial charge in [0.2, 0.25) is 0 Å². The zero-order valence-electron chi connectivity index (χ0n) is 22.0. The number of rotatable bonds is 13. The first-order valence-electron chi connectivity index (χ1n) is 14.3. The Morgan fingerprint density at radius 2 is 1.88 bits per heavy atom. The summed E-state index contributed by atoms with van der Waals surface area (Å²) in [6.45, 7) is 18.8. The van der Waals surface area contributed by atoms with E-state index in [0.717, 1.165) is 41.9 Å². The van der Waals surface area contributed by atoms with E-state index in [1.807, 2.05) is 0 Å². The van der Waals surface area contributed by atoms with Crippen molar-refractivity contribution < 1.29 is 5.11 Å². The lowest BCUT2D eigenvalue weighted by molar-refractivity contribution is 0.127. The van der Waals surface area contributed by atoms with Gasteiger partial charge >= 0.3 is 0 Å². The van der Waals surface area contributed by atoms with Crippen LogP contribution >= 0.6 is 0 Å². The molecule has 1 heteroatoms. The zero-order valence-corrected chi connectivity index (χ0v) is 22.0. The Bertz CT molecular complexity index is 604. The van der Waals surface area contributed by atoms with E-state index in [4.69, 9.17) is 0 Å². The van der Waals surface area contributed by atoms with Crippen molar-refractivity contribution in [1.82, 2.24) is 0 Å². The molecular formula is C31H54O. The van der Waals surface area contributed by atoms with E-state index < -0.39 is 0 Å². The van der Waals surface area contributed by atoms with Crippen molar-refractivity contribution in [2.75, 3.05) is 6.61 Å². The minimum Gasteiger partial charge on any atom is -0.396 e. The molecule has 0 saturated heterocycles. The maximum atomic E-state index is 9.50. The van der Waals surface area contributed by atoms with Crippen LogP contribution in [-0.4, -0.2) is 11.7 Å². The highest BCUT2D eigenvalue weighted by molar-refractivity contribution is 5.06. The molecule has 3 aliphatic rings. The fourth-order valence-corrected chi connectivity index (χ4v) is 7.63. The minimum atomic E-state index is 0.370. The molecule has 3 saturated carbocycles. The van der Waals surface area contributed by atoms with Crippen molar-refractivity contribution in [3.8, 4) is 0 Å². The highest BCUT2D eigenvalue weighted by Crippen LogP contribution is 2.50. The Hall–Kier alpha value is -0.560. The van der Waals surface area contributed by atoms with Crippen LogP contribution in [0.15, 0.2) is 24.3 Å².